The summed E-state index contributed by atoms with van der Waals surface area (Å²) in [6.45, 7) is 3.38. The van der Waals surface area contributed by atoms with Crippen LogP contribution in [0, 0.1) is 11.8 Å². The van der Waals surface area contributed by atoms with Gasteiger partial charge in [-0.3, -0.25) is 4.99 Å². The van der Waals surface area contributed by atoms with Gasteiger partial charge in [0.05, 0.1) is 25.7 Å². The maximum Gasteiger partial charge on any atom is 0.197 e. The van der Waals surface area contributed by atoms with Crippen LogP contribution in [-0.2, 0) is 6.42 Å². The Morgan fingerprint density at radius 3 is 2.38 bits per heavy atom. The van der Waals surface area contributed by atoms with Gasteiger partial charge in [-0.2, -0.15) is 0 Å². The topological polar surface area (TPSA) is 28.1 Å². The molecule has 0 bridgehead atoms. The highest BCUT2D eigenvalue weighted by molar-refractivity contribution is 5.84. The van der Waals surface area contributed by atoms with E-state index < -0.39 is 0 Å². The molecule has 1 aromatic carbocycles. The predicted molar refractivity (Wildman–Crippen MR) is 132 cm³/mol. The molecule has 5 rings (SSSR count). The van der Waals surface area contributed by atoms with E-state index >= 15 is 0 Å². The highest BCUT2D eigenvalue weighted by Crippen LogP contribution is 2.36. The van der Waals surface area contributed by atoms with Gasteiger partial charge >= 0.3 is 0 Å². The van der Waals surface area contributed by atoms with Gasteiger partial charge in [-0.1, -0.05) is 63.5 Å². The smallest absolute Gasteiger partial charge is 0.197 e. The van der Waals surface area contributed by atoms with Gasteiger partial charge in [0, 0.05) is 13.1 Å². The maximum absolute atomic E-state index is 5.38. The highest BCUT2D eigenvalue weighted by Gasteiger charge is 2.44. The number of hydrogen-bond donors (Lipinski definition) is 0. The monoisotopic (exact) mass is 437 g/mol. The van der Waals surface area contributed by atoms with E-state index in [0.29, 0.717) is 12.1 Å². The number of methoxy groups -OCH3 is 1. The fourth-order valence-electron chi connectivity index (χ4n) is 6.91. The van der Waals surface area contributed by atoms with Gasteiger partial charge in [0.2, 0.25) is 0 Å². The van der Waals surface area contributed by atoms with E-state index in [1.54, 1.807) is 7.11 Å². The van der Waals surface area contributed by atoms with Crippen LogP contribution in [0.5, 0.6) is 5.75 Å². The lowest BCUT2D eigenvalue weighted by atomic mass is 9.83. The molecule has 1 aromatic rings. The normalized spacial score (nSPS) is 27.0. The Labute approximate surface area is 195 Å². The summed E-state index contributed by atoms with van der Waals surface area (Å²) < 4.78 is 5.38. The quantitative estimate of drug-likeness (QED) is 0.507. The molecule has 0 aromatic heterocycles. The maximum atomic E-state index is 5.38. The number of ether oxygens (including phenoxy) is 1. The van der Waals surface area contributed by atoms with Crippen LogP contribution in [-0.4, -0.2) is 54.6 Å². The van der Waals surface area contributed by atoms with E-state index in [9.17, 15) is 0 Å². The van der Waals surface area contributed by atoms with Crippen LogP contribution in [0.3, 0.4) is 0 Å². The summed E-state index contributed by atoms with van der Waals surface area (Å²) in [6, 6.07) is 9.95. The van der Waals surface area contributed by atoms with Crippen molar-refractivity contribution in [3.05, 3.63) is 29.8 Å². The van der Waals surface area contributed by atoms with Gasteiger partial charge in [0.1, 0.15) is 5.75 Å². The molecule has 2 saturated carbocycles. The Morgan fingerprint density at radius 1 is 0.938 bits per heavy atom. The second kappa shape index (κ2) is 10.5. The molecular weight excluding hydrogens is 394 g/mol. The first-order valence-electron chi connectivity index (χ1n) is 13.5. The largest absolute Gasteiger partial charge is 0.497 e. The molecule has 176 valence electrons. The van der Waals surface area contributed by atoms with Crippen LogP contribution >= 0.6 is 0 Å². The van der Waals surface area contributed by atoms with Crippen molar-refractivity contribution in [2.24, 2.45) is 16.8 Å². The van der Waals surface area contributed by atoms with Crippen molar-refractivity contribution in [2.75, 3.05) is 26.7 Å². The zero-order valence-corrected chi connectivity index (χ0v) is 20.2. The van der Waals surface area contributed by atoms with Crippen molar-refractivity contribution in [3.8, 4) is 5.75 Å². The lowest BCUT2D eigenvalue weighted by Crippen LogP contribution is -2.41. The third kappa shape index (κ3) is 4.94. The first kappa shape index (κ1) is 22.1. The zero-order valence-electron chi connectivity index (χ0n) is 20.2. The number of hydrogen-bond acceptors (Lipinski definition) is 4. The molecule has 4 aliphatic rings. The molecule has 32 heavy (non-hydrogen) atoms. The van der Waals surface area contributed by atoms with Gasteiger partial charge in [0.15, 0.2) is 5.96 Å². The molecule has 2 aliphatic carbocycles. The minimum absolute atomic E-state index is 0.555. The van der Waals surface area contributed by atoms with Crippen molar-refractivity contribution in [3.63, 3.8) is 0 Å². The highest BCUT2D eigenvalue weighted by atomic mass is 16.5. The molecule has 4 heteroatoms. The van der Waals surface area contributed by atoms with E-state index in [4.69, 9.17) is 9.73 Å². The number of fused-ring (bicyclic) bond motifs is 1. The fourth-order valence-corrected chi connectivity index (χ4v) is 6.91. The molecule has 0 N–H and O–H groups in total. The molecule has 0 radical (unpaired) electrons. The van der Waals surface area contributed by atoms with E-state index in [2.05, 4.69) is 34.1 Å². The van der Waals surface area contributed by atoms with Crippen molar-refractivity contribution in [1.29, 1.82) is 0 Å². The summed E-state index contributed by atoms with van der Waals surface area (Å²) >= 11 is 0. The number of nitrogens with zero attached hydrogens (tertiary/aromatic N) is 3. The number of aliphatic imine (C=N–C) groups is 1. The first-order valence-corrected chi connectivity index (χ1v) is 13.5. The van der Waals surface area contributed by atoms with Gasteiger partial charge in [0.25, 0.3) is 0 Å². The second-order valence-corrected chi connectivity index (χ2v) is 10.8. The Hall–Kier alpha value is -1.71. The Kier molecular flexibility index (Phi) is 7.24. The molecule has 0 unspecified atom stereocenters. The number of benzene rings is 1. The van der Waals surface area contributed by atoms with Gasteiger partial charge in [-0.05, 0) is 61.6 Å². The van der Waals surface area contributed by atoms with Crippen LogP contribution < -0.4 is 4.74 Å². The summed E-state index contributed by atoms with van der Waals surface area (Å²) in [4.78, 5) is 10.6. The SMILES string of the molecule is COc1ccc(C[C@H]2CN3C(=NC[C@@H]3C3CCCCC3)N2CCCC2CCCCC2)cc1. The number of rotatable bonds is 8. The molecular formula is C28H43N3O. The van der Waals surface area contributed by atoms with Crippen LogP contribution in [0.1, 0.15) is 82.6 Å². The molecule has 3 fully saturated rings. The molecule has 2 atom stereocenters. The minimum atomic E-state index is 0.555. The molecule has 0 amide bonds. The van der Waals surface area contributed by atoms with Gasteiger partial charge < -0.3 is 14.5 Å². The Balaban J connectivity index is 1.26. The Morgan fingerprint density at radius 2 is 1.66 bits per heavy atom. The summed E-state index contributed by atoms with van der Waals surface area (Å²) in [5.41, 5.74) is 1.42. The standard InChI is InChI=1S/C28H43N3O/c1-32-26-16-14-23(15-17-26)19-25-21-31-27(24-12-6-3-7-13-24)20-29-28(31)30(25)18-8-11-22-9-4-2-5-10-22/h14-17,22,24-25,27H,2-13,18-21H2,1H3/t25-,27+/m0/s1. The minimum Gasteiger partial charge on any atom is -0.497 e. The summed E-state index contributed by atoms with van der Waals surface area (Å²) in [7, 11) is 1.75. The Bertz CT molecular complexity index is 748. The van der Waals surface area contributed by atoms with Crippen molar-refractivity contribution >= 4 is 5.96 Å². The van der Waals surface area contributed by atoms with E-state index in [-0.39, 0.29) is 0 Å². The van der Waals surface area contributed by atoms with Crippen LogP contribution in [0.15, 0.2) is 29.3 Å². The third-order valence-corrected chi connectivity index (χ3v) is 8.74. The first-order chi connectivity index (χ1) is 15.8. The second-order valence-electron chi connectivity index (χ2n) is 10.8. The van der Waals surface area contributed by atoms with E-state index in [0.717, 1.165) is 37.1 Å². The molecule has 0 spiro atoms. The van der Waals surface area contributed by atoms with Crippen LogP contribution in [0.25, 0.3) is 0 Å². The molecule has 2 heterocycles. The average molecular weight is 438 g/mol. The van der Waals surface area contributed by atoms with Crippen molar-refractivity contribution in [1.82, 2.24) is 9.80 Å². The van der Waals surface area contributed by atoms with E-state index in [1.165, 1.54) is 95.1 Å². The fraction of sp³-hybridized carbons (Fsp3) is 0.750. The lowest BCUT2D eigenvalue weighted by Gasteiger charge is -2.33. The molecule has 4 nitrogen and oxygen atoms in total. The summed E-state index contributed by atoms with van der Waals surface area (Å²) in [5, 5.41) is 0. The summed E-state index contributed by atoms with van der Waals surface area (Å²) in [6.07, 6.45) is 18.2. The van der Waals surface area contributed by atoms with E-state index in [1.807, 2.05) is 0 Å². The van der Waals surface area contributed by atoms with Crippen molar-refractivity contribution < 1.29 is 4.74 Å². The third-order valence-electron chi connectivity index (χ3n) is 8.74. The number of guanidine groups is 1. The van der Waals surface area contributed by atoms with Crippen LogP contribution in [0.2, 0.25) is 0 Å². The summed E-state index contributed by atoms with van der Waals surface area (Å²) in [5.74, 6) is 4.12. The molecule has 1 saturated heterocycles. The van der Waals surface area contributed by atoms with Gasteiger partial charge in [-0.25, -0.2) is 0 Å². The molecule has 2 aliphatic heterocycles. The zero-order chi connectivity index (χ0) is 21.8. The average Bonchev–Trinajstić information content (AvgIpc) is 3.40. The van der Waals surface area contributed by atoms with Crippen LogP contribution in [0.4, 0.5) is 0 Å². The van der Waals surface area contributed by atoms with Crippen molar-refractivity contribution in [2.45, 2.75) is 95.6 Å². The van der Waals surface area contributed by atoms with Gasteiger partial charge in [-0.15, -0.1) is 0 Å². The lowest BCUT2D eigenvalue weighted by molar-refractivity contribution is 0.206. The predicted octanol–water partition coefficient (Wildman–Crippen LogP) is 5.90.